The van der Waals surface area contributed by atoms with Crippen LogP contribution >= 0.6 is 32.4 Å². The van der Waals surface area contributed by atoms with Crippen molar-refractivity contribution in [3.63, 3.8) is 0 Å². The summed E-state index contributed by atoms with van der Waals surface area (Å²) in [6, 6.07) is 0. The van der Waals surface area contributed by atoms with E-state index in [1.807, 2.05) is 17.6 Å². The van der Waals surface area contributed by atoms with Crippen LogP contribution in [0.1, 0.15) is 0 Å². The van der Waals surface area contributed by atoms with Crippen molar-refractivity contribution in [2.75, 3.05) is 28.8 Å². The maximum atomic E-state index is 11.1. The summed E-state index contributed by atoms with van der Waals surface area (Å²) in [5, 5.41) is 1.97. The molecular weight excluding hydrogens is 372 g/mol. The first-order valence-corrected chi connectivity index (χ1v) is 13.0. The van der Waals surface area contributed by atoms with E-state index in [0.717, 1.165) is 11.5 Å². The molecule has 2 nitrogen and oxygen atoms in total. The van der Waals surface area contributed by atoms with Crippen LogP contribution in [-0.2, 0) is 20.6 Å². The largest absolute Gasteiger partial charge is 0.259 e. The molecule has 0 aliphatic heterocycles. The van der Waals surface area contributed by atoms with Crippen LogP contribution in [-0.4, -0.2) is 37.2 Å². The lowest BCUT2D eigenvalue weighted by Gasteiger charge is -1.91. The second-order valence-corrected chi connectivity index (χ2v) is 10.6. The molecule has 0 spiro atoms. The van der Waals surface area contributed by atoms with E-state index in [4.69, 9.17) is 0 Å². The third-order valence-corrected chi connectivity index (χ3v) is 7.44. The molecule has 2 unspecified atom stereocenters. The molecule has 0 aromatic heterocycles. The van der Waals surface area contributed by atoms with Gasteiger partial charge in [0, 0.05) is 33.8 Å². The molecule has 126 valence electrons. The molecule has 0 aliphatic carbocycles. The molecule has 0 heterocycles. The fraction of sp³-hybridized carbons (Fsp3) is 0.333. The average Bonchev–Trinajstić information content (AvgIpc) is 2.50. The van der Waals surface area contributed by atoms with E-state index in [2.05, 4.69) is 26.3 Å². The topological polar surface area (TPSA) is 34.1 Å². The lowest BCUT2D eigenvalue weighted by molar-refractivity contribution is 0.686. The average molecular weight is 397 g/mol. The van der Waals surface area contributed by atoms with Crippen molar-refractivity contribution in [3.05, 3.63) is 62.1 Å². The highest BCUT2D eigenvalue weighted by Crippen LogP contribution is 2.21. The molecule has 0 rings (SSSR count). The first-order chi connectivity index (χ1) is 10.6. The number of hydrogen-bond donors (Lipinski definition) is 0. The normalized spacial score (nSPS) is 12.7. The van der Waals surface area contributed by atoms with Crippen molar-refractivity contribution in [1.29, 1.82) is 0 Å². The van der Waals surface area contributed by atoms with Gasteiger partial charge in [-0.25, -0.2) is 4.21 Å². The minimum absolute atomic E-state index is 0.568. The van der Waals surface area contributed by atoms with Crippen molar-refractivity contribution in [2.24, 2.45) is 0 Å². The number of rotatable bonds is 13. The summed E-state index contributed by atoms with van der Waals surface area (Å²) in [7, 11) is 3.17. The minimum Gasteiger partial charge on any atom is -0.259 e. The Morgan fingerprint density at radius 3 is 2.00 bits per heavy atom. The summed E-state index contributed by atoms with van der Waals surface area (Å²) in [4.78, 5) is 0. The lowest BCUT2D eigenvalue weighted by atomic mass is 10.8. The molecule has 22 heavy (non-hydrogen) atoms. The van der Waals surface area contributed by atoms with Crippen LogP contribution < -0.4 is 0 Å². The smallest absolute Gasteiger partial charge is 0.0845 e. The summed E-state index contributed by atoms with van der Waals surface area (Å²) in [6.07, 6.45) is 8.88. The Kier molecular flexibility index (Phi) is 23.3. The van der Waals surface area contributed by atoms with Crippen LogP contribution in [0.15, 0.2) is 62.1 Å². The van der Waals surface area contributed by atoms with Gasteiger partial charge in [0.25, 0.3) is 0 Å². The highest BCUT2D eigenvalue weighted by Gasteiger charge is 1.92. The van der Waals surface area contributed by atoms with E-state index in [0.29, 0.717) is 17.3 Å². The molecule has 0 bridgehead atoms. The zero-order valence-corrected chi connectivity index (χ0v) is 16.8. The quantitative estimate of drug-likeness (QED) is 0.255. The van der Waals surface area contributed by atoms with E-state index in [1.54, 1.807) is 39.8 Å². The summed E-state index contributed by atoms with van der Waals surface area (Å²) in [5.41, 5.74) is 0. The van der Waals surface area contributed by atoms with Crippen LogP contribution in [0.4, 0.5) is 0 Å². The fourth-order valence-electron chi connectivity index (χ4n) is 0.780. The van der Waals surface area contributed by atoms with Gasteiger partial charge in [0.15, 0.2) is 0 Å². The van der Waals surface area contributed by atoms with E-state index in [9.17, 15) is 8.42 Å². The molecule has 0 aromatic rings. The van der Waals surface area contributed by atoms with Crippen LogP contribution in [0.25, 0.3) is 0 Å². The van der Waals surface area contributed by atoms with E-state index in [-0.39, 0.29) is 0 Å². The SMILES string of the molecule is C=CCSS(=O)CC=C.C=CCSS/C=C/CS(=O)CC=C. The van der Waals surface area contributed by atoms with Crippen LogP contribution in [0.2, 0.25) is 0 Å². The minimum atomic E-state index is -0.793. The molecule has 7 heteroatoms. The van der Waals surface area contributed by atoms with Gasteiger partial charge < -0.3 is 0 Å². The molecule has 0 saturated carbocycles. The zero-order chi connectivity index (χ0) is 17.1. The molecule has 0 fully saturated rings. The first kappa shape index (κ1) is 24.3. The van der Waals surface area contributed by atoms with Gasteiger partial charge in [-0.15, -0.1) is 26.3 Å². The van der Waals surface area contributed by atoms with Gasteiger partial charge in [-0.1, -0.05) is 62.8 Å². The molecule has 0 N–H and O–H groups in total. The molecule has 2 atom stereocenters. The Labute approximate surface area is 151 Å². The lowest BCUT2D eigenvalue weighted by Crippen LogP contribution is -1.96. The number of hydrogen-bond acceptors (Lipinski definition) is 5. The monoisotopic (exact) mass is 396 g/mol. The molecule has 0 radical (unpaired) electrons. The maximum Gasteiger partial charge on any atom is 0.0845 e. The third-order valence-electron chi connectivity index (χ3n) is 1.56. The van der Waals surface area contributed by atoms with Crippen molar-refractivity contribution in [2.45, 2.75) is 0 Å². The highest BCUT2D eigenvalue weighted by molar-refractivity contribution is 8.77. The van der Waals surface area contributed by atoms with Gasteiger partial charge >= 0.3 is 0 Å². The predicted octanol–water partition coefficient (Wildman–Crippen LogP) is 4.76. The van der Waals surface area contributed by atoms with Crippen molar-refractivity contribution >= 4 is 53.0 Å². The fourth-order valence-corrected chi connectivity index (χ4v) is 4.89. The van der Waals surface area contributed by atoms with Gasteiger partial charge in [0.2, 0.25) is 0 Å². The Morgan fingerprint density at radius 1 is 0.818 bits per heavy atom. The zero-order valence-electron chi connectivity index (χ0n) is 12.7. The van der Waals surface area contributed by atoms with E-state index in [1.165, 1.54) is 10.8 Å². The van der Waals surface area contributed by atoms with Gasteiger partial charge in [-0.05, 0) is 5.41 Å². The van der Waals surface area contributed by atoms with E-state index < -0.39 is 20.6 Å². The highest BCUT2D eigenvalue weighted by atomic mass is 33.1. The second kappa shape index (κ2) is 21.0. The van der Waals surface area contributed by atoms with E-state index >= 15 is 0 Å². The summed E-state index contributed by atoms with van der Waals surface area (Å²) >= 11 is 0. The molecule has 0 aliphatic rings. The molecule has 0 aromatic carbocycles. The maximum absolute atomic E-state index is 11.1. The van der Waals surface area contributed by atoms with Crippen molar-refractivity contribution in [3.8, 4) is 0 Å². The van der Waals surface area contributed by atoms with Crippen LogP contribution in [0, 0.1) is 0 Å². The van der Waals surface area contributed by atoms with Crippen LogP contribution in [0.3, 0.4) is 0 Å². The standard InChI is InChI=1S/C9H14OS3.C6H10OS2/c1-3-6-11-12-7-5-9-13(10)8-4-2;1-3-5-8-9(7)6-4-2/h3-5,7H,1-2,6,8-9H2;3-4H,1-2,5-6H2/b7-5+;. The molecule has 0 saturated heterocycles. The summed E-state index contributed by atoms with van der Waals surface area (Å²) < 4.78 is 21.8. The molecular formula is C15H24O2S5. The van der Waals surface area contributed by atoms with Crippen LogP contribution in [0.5, 0.6) is 0 Å². The second-order valence-electron chi connectivity index (χ2n) is 3.44. The van der Waals surface area contributed by atoms with Gasteiger partial charge in [0.1, 0.15) is 0 Å². The Bertz CT molecular complexity index is 391. The van der Waals surface area contributed by atoms with Gasteiger partial charge in [0.05, 0.1) is 15.6 Å². The third kappa shape index (κ3) is 22.3. The van der Waals surface area contributed by atoms with Crippen molar-refractivity contribution in [1.82, 2.24) is 0 Å². The Hall–Kier alpha value is 0.0500. The summed E-state index contributed by atoms with van der Waals surface area (Å²) in [5.74, 6) is 3.45. The summed E-state index contributed by atoms with van der Waals surface area (Å²) in [6.45, 7) is 14.1. The first-order valence-electron chi connectivity index (χ1n) is 6.35. The van der Waals surface area contributed by atoms with Gasteiger partial charge in [-0.3, -0.25) is 4.21 Å². The Morgan fingerprint density at radius 2 is 1.45 bits per heavy atom. The molecule has 0 amide bonds. The Balaban J connectivity index is 0. The predicted molar refractivity (Wildman–Crippen MR) is 113 cm³/mol. The van der Waals surface area contributed by atoms with Crippen molar-refractivity contribution < 1.29 is 8.42 Å². The van der Waals surface area contributed by atoms with Gasteiger partial charge in [-0.2, -0.15) is 0 Å².